The molecule has 0 amide bonds. The third-order valence-corrected chi connectivity index (χ3v) is 3.79. The highest BCUT2D eigenvalue weighted by atomic mass is 32.1. The molecule has 2 heterocycles. The van der Waals surface area contributed by atoms with Crippen molar-refractivity contribution < 1.29 is 0 Å². The number of rotatable bonds is 4. The first-order chi connectivity index (χ1) is 8.56. The molecule has 96 valence electrons. The van der Waals surface area contributed by atoms with Gasteiger partial charge in [-0.3, -0.25) is 4.98 Å². The standard InChI is InChI=1S/C14H19N3S/c1-9-6-5-7-13(16-9)8-15-10(2)14-11(3)18-12(4)17-14/h5-7,10,15H,8H2,1-4H3. The van der Waals surface area contributed by atoms with Gasteiger partial charge in [0.1, 0.15) is 0 Å². The van der Waals surface area contributed by atoms with E-state index in [-0.39, 0.29) is 6.04 Å². The highest BCUT2D eigenvalue weighted by Gasteiger charge is 2.12. The lowest BCUT2D eigenvalue weighted by Crippen LogP contribution is -2.19. The molecule has 2 aromatic rings. The summed E-state index contributed by atoms with van der Waals surface area (Å²) in [6.07, 6.45) is 0. The molecule has 18 heavy (non-hydrogen) atoms. The smallest absolute Gasteiger partial charge is 0.0900 e. The lowest BCUT2D eigenvalue weighted by Gasteiger charge is -2.12. The first-order valence-corrected chi connectivity index (χ1v) is 6.97. The molecule has 4 heteroatoms. The second kappa shape index (κ2) is 5.59. The number of pyridine rings is 1. The van der Waals surface area contributed by atoms with Crippen LogP contribution in [-0.4, -0.2) is 9.97 Å². The highest BCUT2D eigenvalue weighted by Crippen LogP contribution is 2.22. The molecule has 1 unspecified atom stereocenters. The number of nitrogens with one attached hydrogen (secondary N) is 1. The van der Waals surface area contributed by atoms with Gasteiger partial charge in [-0.2, -0.15) is 0 Å². The normalized spacial score (nSPS) is 12.7. The zero-order chi connectivity index (χ0) is 13.1. The molecule has 1 atom stereocenters. The molecule has 0 bridgehead atoms. The zero-order valence-corrected chi connectivity index (χ0v) is 12.1. The Morgan fingerprint density at radius 2 is 2.00 bits per heavy atom. The average Bonchev–Trinajstić information content (AvgIpc) is 2.66. The third-order valence-electron chi connectivity index (χ3n) is 2.88. The fourth-order valence-electron chi connectivity index (χ4n) is 2.00. The largest absolute Gasteiger partial charge is 0.303 e. The van der Waals surface area contributed by atoms with Crippen molar-refractivity contribution in [3.05, 3.63) is 45.2 Å². The molecule has 1 N–H and O–H groups in total. The summed E-state index contributed by atoms with van der Waals surface area (Å²) in [4.78, 5) is 10.4. The molecule has 0 saturated carbocycles. The minimum atomic E-state index is 0.261. The summed E-state index contributed by atoms with van der Waals surface area (Å²) < 4.78 is 0. The van der Waals surface area contributed by atoms with Gasteiger partial charge in [0.25, 0.3) is 0 Å². The van der Waals surface area contributed by atoms with Crippen molar-refractivity contribution in [3.8, 4) is 0 Å². The maximum absolute atomic E-state index is 4.58. The number of aryl methyl sites for hydroxylation is 3. The molecule has 0 spiro atoms. The maximum Gasteiger partial charge on any atom is 0.0900 e. The van der Waals surface area contributed by atoms with Gasteiger partial charge < -0.3 is 5.32 Å². The number of thiazole rings is 1. The van der Waals surface area contributed by atoms with Crippen LogP contribution in [0.1, 0.15) is 39.9 Å². The molecule has 2 rings (SSSR count). The Bertz CT molecular complexity index is 534. The van der Waals surface area contributed by atoms with E-state index in [0.717, 1.165) is 28.6 Å². The van der Waals surface area contributed by atoms with Crippen LogP contribution >= 0.6 is 11.3 Å². The lowest BCUT2D eigenvalue weighted by molar-refractivity contribution is 0.554. The van der Waals surface area contributed by atoms with Crippen molar-refractivity contribution in [1.82, 2.24) is 15.3 Å². The molecular formula is C14H19N3S. The van der Waals surface area contributed by atoms with E-state index in [2.05, 4.69) is 36.1 Å². The summed E-state index contributed by atoms with van der Waals surface area (Å²) >= 11 is 1.75. The van der Waals surface area contributed by atoms with Crippen LogP contribution < -0.4 is 5.32 Å². The molecule has 0 fully saturated rings. The summed E-state index contributed by atoms with van der Waals surface area (Å²) in [6.45, 7) is 9.12. The van der Waals surface area contributed by atoms with Gasteiger partial charge in [-0.25, -0.2) is 4.98 Å². The van der Waals surface area contributed by atoms with Crippen molar-refractivity contribution in [2.24, 2.45) is 0 Å². The number of aromatic nitrogens is 2. The van der Waals surface area contributed by atoms with Crippen LogP contribution in [0.3, 0.4) is 0 Å². The van der Waals surface area contributed by atoms with Crippen LogP contribution in [-0.2, 0) is 6.54 Å². The summed E-state index contributed by atoms with van der Waals surface area (Å²) in [5.41, 5.74) is 3.29. The van der Waals surface area contributed by atoms with Crippen molar-refractivity contribution in [2.75, 3.05) is 0 Å². The predicted molar refractivity (Wildman–Crippen MR) is 75.8 cm³/mol. The van der Waals surface area contributed by atoms with E-state index in [0.29, 0.717) is 0 Å². The minimum Gasteiger partial charge on any atom is -0.303 e. The van der Waals surface area contributed by atoms with Crippen LogP contribution in [0.2, 0.25) is 0 Å². The molecular weight excluding hydrogens is 242 g/mol. The lowest BCUT2D eigenvalue weighted by atomic mass is 10.2. The molecule has 0 aliphatic rings. The molecule has 0 aliphatic heterocycles. The van der Waals surface area contributed by atoms with Crippen LogP contribution in [0, 0.1) is 20.8 Å². The fourth-order valence-corrected chi connectivity index (χ4v) is 2.91. The number of hydrogen-bond acceptors (Lipinski definition) is 4. The van der Waals surface area contributed by atoms with E-state index in [9.17, 15) is 0 Å². The van der Waals surface area contributed by atoms with Crippen LogP contribution in [0.25, 0.3) is 0 Å². The van der Waals surface area contributed by atoms with Gasteiger partial charge in [0.05, 0.1) is 16.4 Å². The van der Waals surface area contributed by atoms with E-state index in [1.165, 1.54) is 4.88 Å². The van der Waals surface area contributed by atoms with Crippen molar-refractivity contribution in [2.45, 2.75) is 40.3 Å². The van der Waals surface area contributed by atoms with Crippen molar-refractivity contribution in [3.63, 3.8) is 0 Å². The second-order valence-electron chi connectivity index (χ2n) is 4.55. The number of nitrogens with zero attached hydrogens (tertiary/aromatic N) is 2. The Hall–Kier alpha value is -1.26. The molecule has 0 aromatic carbocycles. The Morgan fingerprint density at radius 1 is 1.22 bits per heavy atom. The van der Waals surface area contributed by atoms with Crippen molar-refractivity contribution in [1.29, 1.82) is 0 Å². The second-order valence-corrected chi connectivity index (χ2v) is 5.95. The van der Waals surface area contributed by atoms with Gasteiger partial charge in [-0.05, 0) is 39.8 Å². The summed E-state index contributed by atoms with van der Waals surface area (Å²) in [6, 6.07) is 6.37. The summed E-state index contributed by atoms with van der Waals surface area (Å²) in [5, 5.41) is 4.61. The van der Waals surface area contributed by atoms with Gasteiger partial charge >= 0.3 is 0 Å². The highest BCUT2D eigenvalue weighted by molar-refractivity contribution is 7.11. The van der Waals surface area contributed by atoms with E-state index in [1.807, 2.05) is 25.1 Å². The van der Waals surface area contributed by atoms with Gasteiger partial charge in [0.2, 0.25) is 0 Å². The Balaban J connectivity index is 2.00. The SMILES string of the molecule is Cc1cccc(CNC(C)c2nc(C)sc2C)n1. The van der Waals surface area contributed by atoms with Crippen LogP contribution in [0.5, 0.6) is 0 Å². The van der Waals surface area contributed by atoms with Gasteiger partial charge in [0.15, 0.2) is 0 Å². The fraction of sp³-hybridized carbons (Fsp3) is 0.429. The van der Waals surface area contributed by atoms with Crippen LogP contribution in [0.15, 0.2) is 18.2 Å². The number of hydrogen-bond donors (Lipinski definition) is 1. The maximum atomic E-state index is 4.58. The van der Waals surface area contributed by atoms with Crippen LogP contribution in [0.4, 0.5) is 0 Å². The Morgan fingerprint density at radius 3 is 2.61 bits per heavy atom. The molecule has 0 saturated heterocycles. The average molecular weight is 261 g/mol. The van der Waals surface area contributed by atoms with Crippen molar-refractivity contribution >= 4 is 11.3 Å². The summed E-state index contributed by atoms with van der Waals surface area (Å²) in [5.74, 6) is 0. The van der Waals surface area contributed by atoms with E-state index in [1.54, 1.807) is 11.3 Å². The first-order valence-electron chi connectivity index (χ1n) is 6.16. The van der Waals surface area contributed by atoms with E-state index < -0.39 is 0 Å². The van der Waals surface area contributed by atoms with Gasteiger partial charge in [0, 0.05) is 23.2 Å². The monoisotopic (exact) mass is 261 g/mol. The minimum absolute atomic E-state index is 0.261. The molecule has 0 aliphatic carbocycles. The Kier molecular flexibility index (Phi) is 4.09. The molecule has 3 nitrogen and oxygen atoms in total. The third kappa shape index (κ3) is 3.15. The van der Waals surface area contributed by atoms with E-state index >= 15 is 0 Å². The summed E-state index contributed by atoms with van der Waals surface area (Å²) in [7, 11) is 0. The van der Waals surface area contributed by atoms with Gasteiger partial charge in [-0.15, -0.1) is 11.3 Å². The topological polar surface area (TPSA) is 37.8 Å². The zero-order valence-electron chi connectivity index (χ0n) is 11.3. The first kappa shape index (κ1) is 13.2. The predicted octanol–water partition coefficient (Wildman–Crippen LogP) is 3.31. The van der Waals surface area contributed by atoms with Gasteiger partial charge in [-0.1, -0.05) is 6.07 Å². The van der Waals surface area contributed by atoms with E-state index in [4.69, 9.17) is 0 Å². The quantitative estimate of drug-likeness (QED) is 0.917. The molecule has 0 radical (unpaired) electrons. The Labute approximate surface area is 112 Å². The molecule has 2 aromatic heterocycles.